The van der Waals surface area contributed by atoms with Crippen LogP contribution in [0.2, 0.25) is 0 Å². The number of nitrogens with one attached hydrogen (secondary N) is 1. The number of piperidine rings is 1. The molecular formula is C23H27FN2O8S. The van der Waals surface area contributed by atoms with Gasteiger partial charge in [0.25, 0.3) is 0 Å². The van der Waals surface area contributed by atoms with Crippen LogP contribution in [0.3, 0.4) is 0 Å². The molecule has 1 aliphatic heterocycles. The second-order valence-corrected chi connectivity index (χ2v) is 9.64. The Morgan fingerprint density at radius 3 is 2.29 bits per heavy atom. The standard InChI is InChI=1S/C23H27FN2O8S/c1-31-18-8-7-15(24)10-21(18)35(29,30)26-9-5-6-14(13-26)22(27)25-17-12-20(33-3)19(32-2)11-16(17)23(28)34-4/h7-8,10-12,14H,5-6,9,13H2,1-4H3,(H,25,27)/t14-/m1/s1. The van der Waals surface area contributed by atoms with Crippen molar-refractivity contribution in [2.45, 2.75) is 17.7 Å². The maximum atomic E-state index is 13.8. The second kappa shape index (κ2) is 10.9. The summed E-state index contributed by atoms with van der Waals surface area (Å²) in [5, 5.41) is 2.68. The summed E-state index contributed by atoms with van der Waals surface area (Å²) < 4.78 is 61.8. The Bertz CT molecular complexity index is 1220. The fourth-order valence-electron chi connectivity index (χ4n) is 3.86. The molecule has 1 aliphatic rings. The maximum Gasteiger partial charge on any atom is 0.340 e. The number of benzene rings is 2. The first-order valence-corrected chi connectivity index (χ1v) is 12.1. The van der Waals surface area contributed by atoms with E-state index in [9.17, 15) is 22.4 Å². The van der Waals surface area contributed by atoms with Gasteiger partial charge in [-0.15, -0.1) is 0 Å². The Morgan fingerprint density at radius 2 is 1.66 bits per heavy atom. The van der Waals surface area contributed by atoms with E-state index >= 15 is 0 Å². The Kier molecular flexibility index (Phi) is 8.18. The number of sulfonamides is 1. The van der Waals surface area contributed by atoms with E-state index in [2.05, 4.69) is 5.32 Å². The lowest BCUT2D eigenvalue weighted by molar-refractivity contribution is -0.120. The van der Waals surface area contributed by atoms with Gasteiger partial charge in [-0.3, -0.25) is 4.79 Å². The van der Waals surface area contributed by atoms with E-state index in [1.54, 1.807) is 0 Å². The van der Waals surface area contributed by atoms with E-state index in [0.29, 0.717) is 12.8 Å². The smallest absolute Gasteiger partial charge is 0.340 e. The van der Waals surface area contributed by atoms with Crippen molar-refractivity contribution >= 4 is 27.6 Å². The summed E-state index contributed by atoms with van der Waals surface area (Å²) in [7, 11) is 1.17. The van der Waals surface area contributed by atoms with Crippen molar-refractivity contribution in [3.05, 3.63) is 41.7 Å². The molecule has 0 spiro atoms. The molecule has 0 aromatic heterocycles. The normalized spacial score (nSPS) is 16.3. The highest BCUT2D eigenvalue weighted by Gasteiger charge is 2.35. The molecule has 0 bridgehead atoms. The molecule has 1 N–H and O–H groups in total. The molecule has 2 aromatic carbocycles. The van der Waals surface area contributed by atoms with Crippen LogP contribution < -0.4 is 19.5 Å². The van der Waals surface area contributed by atoms with Gasteiger partial charge in [-0.05, 0) is 31.0 Å². The van der Waals surface area contributed by atoms with Crippen molar-refractivity contribution in [2.75, 3.05) is 46.8 Å². The summed E-state index contributed by atoms with van der Waals surface area (Å²) in [5.41, 5.74) is 0.176. The number of carbonyl (C=O) groups is 2. The number of methoxy groups -OCH3 is 4. The molecule has 0 radical (unpaired) electrons. The van der Waals surface area contributed by atoms with Crippen LogP contribution in [-0.4, -0.2) is 66.1 Å². The molecule has 1 heterocycles. The lowest BCUT2D eigenvalue weighted by Crippen LogP contribution is -2.43. The van der Waals surface area contributed by atoms with Gasteiger partial charge in [0, 0.05) is 25.2 Å². The average molecular weight is 511 g/mol. The lowest BCUT2D eigenvalue weighted by Gasteiger charge is -2.31. The molecule has 10 nitrogen and oxygen atoms in total. The van der Waals surface area contributed by atoms with Crippen molar-refractivity contribution in [1.82, 2.24) is 4.31 Å². The summed E-state index contributed by atoms with van der Waals surface area (Å²) in [5.74, 6) is -2.09. The van der Waals surface area contributed by atoms with Gasteiger partial charge in [-0.2, -0.15) is 4.31 Å². The van der Waals surface area contributed by atoms with E-state index in [-0.39, 0.29) is 46.5 Å². The second-order valence-electron chi connectivity index (χ2n) is 7.73. The number of carbonyl (C=O) groups excluding carboxylic acids is 2. The predicted molar refractivity (Wildman–Crippen MR) is 124 cm³/mol. The van der Waals surface area contributed by atoms with Crippen LogP contribution in [0.25, 0.3) is 0 Å². The molecule has 0 saturated carbocycles. The maximum absolute atomic E-state index is 13.8. The third-order valence-electron chi connectivity index (χ3n) is 5.69. The minimum Gasteiger partial charge on any atom is -0.495 e. The van der Waals surface area contributed by atoms with Gasteiger partial charge in [0.05, 0.1) is 45.6 Å². The van der Waals surface area contributed by atoms with Gasteiger partial charge < -0.3 is 24.3 Å². The van der Waals surface area contributed by atoms with E-state index in [0.717, 1.165) is 16.4 Å². The van der Waals surface area contributed by atoms with Gasteiger partial charge in [0.1, 0.15) is 16.5 Å². The third kappa shape index (κ3) is 5.49. The first-order valence-electron chi connectivity index (χ1n) is 10.6. The fraction of sp³-hybridized carbons (Fsp3) is 0.391. The van der Waals surface area contributed by atoms with Crippen LogP contribution in [0, 0.1) is 11.7 Å². The van der Waals surface area contributed by atoms with Crippen LogP contribution in [0.4, 0.5) is 10.1 Å². The van der Waals surface area contributed by atoms with Gasteiger partial charge in [0.15, 0.2) is 11.5 Å². The number of nitrogens with zero attached hydrogens (tertiary/aromatic N) is 1. The first-order chi connectivity index (χ1) is 16.7. The van der Waals surface area contributed by atoms with Gasteiger partial charge in [0.2, 0.25) is 15.9 Å². The topological polar surface area (TPSA) is 120 Å². The predicted octanol–water partition coefficient (Wildman–Crippen LogP) is 2.68. The number of amides is 1. The molecule has 1 atom stereocenters. The minimum absolute atomic E-state index is 0.00558. The lowest BCUT2D eigenvalue weighted by atomic mass is 9.98. The third-order valence-corrected chi connectivity index (χ3v) is 7.57. The molecule has 0 unspecified atom stereocenters. The SMILES string of the molecule is COC(=O)c1cc(OC)c(OC)cc1NC(=O)[C@@H]1CCCN(S(=O)(=O)c2cc(F)ccc2OC)C1. The van der Waals surface area contributed by atoms with Crippen molar-refractivity contribution in [3.8, 4) is 17.2 Å². The van der Waals surface area contributed by atoms with Crippen LogP contribution in [0.1, 0.15) is 23.2 Å². The molecule has 1 fully saturated rings. The van der Waals surface area contributed by atoms with Crippen LogP contribution >= 0.6 is 0 Å². The number of hydrogen-bond donors (Lipinski definition) is 1. The van der Waals surface area contributed by atoms with Crippen molar-refractivity contribution in [1.29, 1.82) is 0 Å². The largest absolute Gasteiger partial charge is 0.495 e. The van der Waals surface area contributed by atoms with Crippen molar-refractivity contribution in [2.24, 2.45) is 5.92 Å². The monoisotopic (exact) mass is 510 g/mol. The van der Waals surface area contributed by atoms with E-state index in [1.165, 1.54) is 46.6 Å². The zero-order valence-corrected chi connectivity index (χ0v) is 20.6. The molecule has 1 saturated heterocycles. The van der Waals surface area contributed by atoms with Gasteiger partial charge >= 0.3 is 5.97 Å². The zero-order chi connectivity index (χ0) is 25.8. The molecule has 0 aliphatic carbocycles. The summed E-state index contributed by atoms with van der Waals surface area (Å²) in [6.07, 6.45) is 0.823. The number of halogens is 1. The highest BCUT2D eigenvalue weighted by Crippen LogP contribution is 2.35. The summed E-state index contributed by atoms with van der Waals surface area (Å²) in [6, 6.07) is 6.05. The molecule has 2 aromatic rings. The molecule has 1 amide bonds. The average Bonchev–Trinajstić information content (AvgIpc) is 2.87. The van der Waals surface area contributed by atoms with Gasteiger partial charge in [-0.25, -0.2) is 17.6 Å². The number of rotatable bonds is 8. The van der Waals surface area contributed by atoms with E-state index in [4.69, 9.17) is 18.9 Å². The minimum atomic E-state index is -4.13. The molecule has 190 valence electrons. The number of hydrogen-bond acceptors (Lipinski definition) is 8. The molecule has 3 rings (SSSR count). The first kappa shape index (κ1) is 26.2. The Morgan fingerprint density at radius 1 is 1.00 bits per heavy atom. The number of ether oxygens (including phenoxy) is 4. The van der Waals surface area contributed by atoms with Crippen LogP contribution in [0.5, 0.6) is 17.2 Å². The quantitative estimate of drug-likeness (QED) is 0.538. The number of anilines is 1. The zero-order valence-electron chi connectivity index (χ0n) is 19.8. The molecule has 35 heavy (non-hydrogen) atoms. The van der Waals surface area contributed by atoms with Crippen molar-refractivity contribution < 1.29 is 41.3 Å². The van der Waals surface area contributed by atoms with Crippen LogP contribution in [0.15, 0.2) is 35.2 Å². The van der Waals surface area contributed by atoms with E-state index in [1.807, 2.05) is 0 Å². The summed E-state index contributed by atoms with van der Waals surface area (Å²) in [6.45, 7) is 0.0320. The summed E-state index contributed by atoms with van der Waals surface area (Å²) in [4.78, 5) is 25.1. The summed E-state index contributed by atoms with van der Waals surface area (Å²) >= 11 is 0. The highest BCUT2D eigenvalue weighted by atomic mass is 32.2. The van der Waals surface area contributed by atoms with Gasteiger partial charge in [-0.1, -0.05) is 0 Å². The van der Waals surface area contributed by atoms with Crippen LogP contribution in [-0.2, 0) is 19.6 Å². The molecule has 12 heteroatoms. The Balaban J connectivity index is 1.87. The Labute approximate surface area is 203 Å². The molecular weight excluding hydrogens is 483 g/mol. The number of esters is 1. The Hall–Kier alpha value is -3.38. The van der Waals surface area contributed by atoms with Crippen molar-refractivity contribution in [3.63, 3.8) is 0 Å². The highest BCUT2D eigenvalue weighted by molar-refractivity contribution is 7.89. The fourth-order valence-corrected chi connectivity index (χ4v) is 5.55. The van der Waals surface area contributed by atoms with E-state index < -0.39 is 33.6 Å².